The third kappa shape index (κ3) is 3.14. The highest BCUT2D eigenvalue weighted by Crippen LogP contribution is 2.32. The number of fused-ring (bicyclic) bond motifs is 1. The minimum atomic E-state index is -0.584. The third-order valence-electron chi connectivity index (χ3n) is 4.41. The Morgan fingerprint density at radius 2 is 2.04 bits per heavy atom. The summed E-state index contributed by atoms with van der Waals surface area (Å²) in [4.78, 5) is 31.5. The summed E-state index contributed by atoms with van der Waals surface area (Å²) in [6.45, 7) is 1.74. The van der Waals surface area contributed by atoms with Crippen molar-refractivity contribution in [3.63, 3.8) is 0 Å². The van der Waals surface area contributed by atoms with Gasteiger partial charge in [-0.05, 0) is 42.1 Å². The first-order valence-corrected chi connectivity index (χ1v) is 10.1. The summed E-state index contributed by atoms with van der Waals surface area (Å²) in [6, 6.07) is 9.07. The van der Waals surface area contributed by atoms with E-state index in [1.54, 1.807) is 25.1 Å². The van der Waals surface area contributed by atoms with E-state index in [9.17, 15) is 14.0 Å². The number of halogens is 1. The first-order chi connectivity index (χ1) is 13.5. The zero-order valence-corrected chi connectivity index (χ0v) is 16.6. The number of carbonyl (C=O) groups excluding carboxylic acids is 1. The molecule has 28 heavy (non-hydrogen) atoms. The van der Waals surface area contributed by atoms with Crippen LogP contribution >= 0.6 is 22.7 Å². The fourth-order valence-electron chi connectivity index (χ4n) is 3.12. The number of methoxy groups -OCH3 is 1. The molecule has 0 spiro atoms. The van der Waals surface area contributed by atoms with Crippen molar-refractivity contribution in [2.45, 2.75) is 13.0 Å². The van der Waals surface area contributed by atoms with Crippen molar-refractivity contribution in [3.05, 3.63) is 89.0 Å². The van der Waals surface area contributed by atoms with Crippen LogP contribution in [-0.4, -0.2) is 17.6 Å². The normalized spacial score (nSPS) is 16.7. The maximum Gasteiger partial charge on any atom is 0.338 e. The van der Waals surface area contributed by atoms with E-state index in [2.05, 4.69) is 4.99 Å². The van der Waals surface area contributed by atoms with E-state index in [1.165, 1.54) is 46.5 Å². The molecular weight excluding hydrogens is 399 g/mol. The van der Waals surface area contributed by atoms with Crippen LogP contribution in [0.2, 0.25) is 0 Å². The highest BCUT2D eigenvalue weighted by Gasteiger charge is 2.33. The second-order valence-corrected chi connectivity index (χ2v) is 8.13. The van der Waals surface area contributed by atoms with Gasteiger partial charge in [-0.15, -0.1) is 11.3 Å². The molecule has 1 aromatic carbocycles. The summed E-state index contributed by atoms with van der Waals surface area (Å²) in [7, 11) is 1.31. The van der Waals surface area contributed by atoms with Crippen molar-refractivity contribution >= 4 is 34.7 Å². The average molecular weight is 414 g/mol. The first-order valence-electron chi connectivity index (χ1n) is 8.39. The maximum atomic E-state index is 13.2. The van der Waals surface area contributed by atoms with Gasteiger partial charge < -0.3 is 4.74 Å². The molecule has 3 aromatic rings. The molecule has 3 heterocycles. The van der Waals surface area contributed by atoms with Gasteiger partial charge in [0.05, 0.1) is 22.9 Å². The number of carbonyl (C=O) groups is 1. The molecule has 0 saturated heterocycles. The van der Waals surface area contributed by atoms with E-state index in [-0.39, 0.29) is 11.4 Å². The Labute approximate surface area is 167 Å². The van der Waals surface area contributed by atoms with Crippen molar-refractivity contribution in [2.75, 3.05) is 7.11 Å². The van der Waals surface area contributed by atoms with Crippen LogP contribution in [0.15, 0.2) is 62.8 Å². The maximum absolute atomic E-state index is 13.2. The van der Waals surface area contributed by atoms with Crippen LogP contribution in [0.3, 0.4) is 0 Å². The molecule has 0 fully saturated rings. The molecule has 8 heteroatoms. The average Bonchev–Trinajstić information content (AvgIpc) is 3.31. The molecule has 4 rings (SSSR count). The van der Waals surface area contributed by atoms with Crippen molar-refractivity contribution in [1.82, 2.24) is 4.57 Å². The van der Waals surface area contributed by atoms with Crippen molar-refractivity contribution in [1.29, 1.82) is 0 Å². The number of nitrogens with zero attached hydrogens (tertiary/aromatic N) is 2. The van der Waals surface area contributed by atoms with Crippen LogP contribution in [-0.2, 0) is 9.53 Å². The topological polar surface area (TPSA) is 60.7 Å². The molecular formula is C20H15FN2O3S2. The van der Waals surface area contributed by atoms with Crippen LogP contribution in [0.25, 0.3) is 6.08 Å². The highest BCUT2D eigenvalue weighted by molar-refractivity contribution is 7.10. The predicted molar refractivity (Wildman–Crippen MR) is 107 cm³/mol. The lowest BCUT2D eigenvalue weighted by Crippen LogP contribution is -2.39. The monoisotopic (exact) mass is 414 g/mol. The number of thiophene rings is 1. The van der Waals surface area contributed by atoms with E-state index in [0.29, 0.717) is 26.2 Å². The van der Waals surface area contributed by atoms with Gasteiger partial charge in [0.1, 0.15) is 11.9 Å². The van der Waals surface area contributed by atoms with Gasteiger partial charge in [0.25, 0.3) is 5.56 Å². The molecule has 5 nitrogen and oxygen atoms in total. The third-order valence-corrected chi connectivity index (χ3v) is 6.32. The SMILES string of the molecule is COC(=O)C1=C(C)N=c2s/c(=C\c3ccc(F)cc3)c(=O)n2C1c1cccs1. The minimum absolute atomic E-state index is 0.250. The summed E-state index contributed by atoms with van der Waals surface area (Å²) in [5, 5.41) is 1.90. The smallest absolute Gasteiger partial charge is 0.338 e. The number of ether oxygens (including phenoxy) is 1. The lowest BCUT2D eigenvalue weighted by atomic mass is 10.0. The number of aromatic nitrogens is 1. The van der Waals surface area contributed by atoms with Crippen molar-refractivity contribution in [3.8, 4) is 0 Å². The standard InChI is InChI=1S/C20H15FN2O3S2/c1-11-16(19(25)26-2)17(14-4-3-9-27-14)23-18(24)15(28-20(23)22-11)10-12-5-7-13(21)8-6-12/h3-10,17H,1-2H3/b15-10-. The molecule has 0 bridgehead atoms. The zero-order valence-electron chi connectivity index (χ0n) is 15.0. The van der Waals surface area contributed by atoms with E-state index in [0.717, 1.165) is 4.88 Å². The molecule has 0 amide bonds. The lowest BCUT2D eigenvalue weighted by molar-refractivity contribution is -0.136. The van der Waals surface area contributed by atoms with Gasteiger partial charge in [-0.3, -0.25) is 9.36 Å². The fraction of sp³-hybridized carbons (Fsp3) is 0.150. The van der Waals surface area contributed by atoms with E-state index in [4.69, 9.17) is 4.74 Å². The molecule has 0 aliphatic carbocycles. The van der Waals surface area contributed by atoms with Gasteiger partial charge in [-0.2, -0.15) is 0 Å². The molecule has 1 atom stereocenters. The Bertz CT molecular complexity index is 1250. The molecule has 2 aromatic heterocycles. The van der Waals surface area contributed by atoms with Crippen LogP contribution < -0.4 is 14.9 Å². The summed E-state index contributed by atoms with van der Waals surface area (Å²) in [5.74, 6) is -0.845. The molecule has 1 aliphatic rings. The van der Waals surface area contributed by atoms with Gasteiger partial charge in [-0.1, -0.05) is 29.5 Å². The quantitative estimate of drug-likeness (QED) is 0.619. The highest BCUT2D eigenvalue weighted by atomic mass is 32.1. The molecule has 0 radical (unpaired) electrons. The van der Waals surface area contributed by atoms with Gasteiger partial charge in [0.15, 0.2) is 4.80 Å². The van der Waals surface area contributed by atoms with Crippen LogP contribution in [0, 0.1) is 5.82 Å². The first kappa shape index (κ1) is 18.5. The van der Waals surface area contributed by atoms with Crippen LogP contribution in [0.5, 0.6) is 0 Å². The Morgan fingerprint density at radius 1 is 1.29 bits per heavy atom. The number of allylic oxidation sites excluding steroid dienone is 1. The summed E-state index contributed by atoms with van der Waals surface area (Å²) >= 11 is 2.70. The summed E-state index contributed by atoms with van der Waals surface area (Å²) in [6.07, 6.45) is 1.70. The molecule has 1 aliphatic heterocycles. The number of hydrogen-bond acceptors (Lipinski definition) is 6. The summed E-state index contributed by atoms with van der Waals surface area (Å²) < 4.78 is 20.1. The molecule has 142 valence electrons. The van der Waals surface area contributed by atoms with Gasteiger partial charge in [0, 0.05) is 4.88 Å². The number of benzene rings is 1. The van der Waals surface area contributed by atoms with E-state index >= 15 is 0 Å². The van der Waals surface area contributed by atoms with E-state index < -0.39 is 12.0 Å². The minimum Gasteiger partial charge on any atom is -0.466 e. The van der Waals surface area contributed by atoms with E-state index in [1.807, 2.05) is 17.5 Å². The van der Waals surface area contributed by atoms with Gasteiger partial charge >= 0.3 is 5.97 Å². The number of rotatable bonds is 3. The number of thiazole rings is 1. The number of hydrogen-bond donors (Lipinski definition) is 0. The second-order valence-electron chi connectivity index (χ2n) is 6.14. The van der Waals surface area contributed by atoms with Crippen molar-refractivity contribution in [2.24, 2.45) is 4.99 Å². The largest absolute Gasteiger partial charge is 0.466 e. The zero-order chi connectivity index (χ0) is 19.8. The fourth-order valence-corrected chi connectivity index (χ4v) is 4.99. The summed E-state index contributed by atoms with van der Waals surface area (Å²) in [5.41, 5.74) is 1.34. The Kier molecular flexibility index (Phi) is 4.82. The predicted octanol–water partition coefficient (Wildman–Crippen LogP) is 2.61. The molecule has 0 saturated carbocycles. The Balaban J connectivity index is 1.96. The van der Waals surface area contributed by atoms with Crippen LogP contribution in [0.1, 0.15) is 23.4 Å². The Morgan fingerprint density at radius 3 is 2.68 bits per heavy atom. The number of esters is 1. The lowest BCUT2D eigenvalue weighted by Gasteiger charge is -2.22. The van der Waals surface area contributed by atoms with Crippen molar-refractivity contribution < 1.29 is 13.9 Å². The molecule has 1 unspecified atom stereocenters. The Hall–Kier alpha value is -2.84. The second kappa shape index (κ2) is 7.29. The van der Waals surface area contributed by atoms with Gasteiger partial charge in [0.2, 0.25) is 0 Å². The van der Waals surface area contributed by atoms with Crippen LogP contribution in [0.4, 0.5) is 4.39 Å². The molecule has 0 N–H and O–H groups in total. The van der Waals surface area contributed by atoms with Gasteiger partial charge in [-0.25, -0.2) is 14.2 Å².